The molecule has 1 aromatic carbocycles. The number of benzene rings is 1. The van der Waals surface area contributed by atoms with Gasteiger partial charge in [0.15, 0.2) is 0 Å². The monoisotopic (exact) mass is 362 g/mol. The lowest BCUT2D eigenvalue weighted by Crippen LogP contribution is -2.10. The van der Waals surface area contributed by atoms with Gasteiger partial charge in [0.1, 0.15) is 5.76 Å². The molecule has 0 fully saturated rings. The molecule has 0 aliphatic heterocycles. The van der Waals surface area contributed by atoms with Crippen molar-refractivity contribution in [1.82, 2.24) is 20.0 Å². The second-order valence-corrected chi connectivity index (χ2v) is 5.63. The Morgan fingerprint density at radius 2 is 2.04 bits per heavy atom. The Kier molecular flexibility index (Phi) is 6.67. The van der Waals surface area contributed by atoms with Gasteiger partial charge < -0.3 is 4.74 Å². The Morgan fingerprint density at radius 1 is 1.33 bits per heavy atom. The van der Waals surface area contributed by atoms with Gasteiger partial charge in [0.05, 0.1) is 42.5 Å². The highest BCUT2D eigenvalue weighted by Gasteiger charge is 2.12. The highest BCUT2D eigenvalue weighted by molar-refractivity contribution is 5.68. The third kappa shape index (κ3) is 4.92. The van der Waals surface area contributed by atoms with Crippen molar-refractivity contribution in [2.24, 2.45) is 5.10 Å². The highest BCUT2D eigenvalue weighted by atomic mass is 16.5. The summed E-state index contributed by atoms with van der Waals surface area (Å²) in [4.78, 5) is 1.54. The molecule has 2 aromatic rings. The van der Waals surface area contributed by atoms with Crippen molar-refractivity contribution in [3.63, 3.8) is 0 Å². The van der Waals surface area contributed by atoms with Crippen LogP contribution >= 0.6 is 0 Å². The van der Waals surface area contributed by atoms with Crippen LogP contribution in [-0.2, 0) is 4.74 Å². The van der Waals surface area contributed by atoms with E-state index in [1.54, 1.807) is 47.7 Å². The molecule has 27 heavy (non-hydrogen) atoms. The minimum atomic E-state index is 0.519. The average molecular weight is 362 g/mol. The topological polar surface area (TPSA) is 79.3 Å². The minimum absolute atomic E-state index is 0.519. The van der Waals surface area contributed by atoms with E-state index in [-0.39, 0.29) is 0 Å². The fourth-order valence-electron chi connectivity index (χ4n) is 2.48. The van der Waals surface area contributed by atoms with E-state index in [1.165, 1.54) is 0 Å². The third-order valence-corrected chi connectivity index (χ3v) is 3.75. The first-order valence-electron chi connectivity index (χ1n) is 8.26. The van der Waals surface area contributed by atoms with Crippen LogP contribution in [0.2, 0.25) is 0 Å². The summed E-state index contributed by atoms with van der Waals surface area (Å²) in [6.45, 7) is 7.56. The maximum absolute atomic E-state index is 9.36. The molecule has 138 valence electrons. The number of ether oxygens (including phenoxy) is 1. The maximum Gasteiger partial charge on any atom is 0.111 e. The van der Waals surface area contributed by atoms with Crippen LogP contribution < -0.4 is 0 Å². The fourth-order valence-corrected chi connectivity index (χ4v) is 2.48. The van der Waals surface area contributed by atoms with E-state index >= 15 is 0 Å². The summed E-state index contributed by atoms with van der Waals surface area (Å²) in [6.07, 6.45) is 10.4. The predicted octanol–water partition coefficient (Wildman–Crippen LogP) is 3.44. The first-order chi connectivity index (χ1) is 13.0. The number of aromatic nitrogens is 3. The molecule has 0 saturated carbocycles. The zero-order valence-corrected chi connectivity index (χ0v) is 15.9. The highest BCUT2D eigenvalue weighted by Crippen LogP contribution is 2.24. The normalized spacial score (nSPS) is 11.7. The molecule has 0 bridgehead atoms. The molecule has 2 rings (SSSR count). The quantitative estimate of drug-likeness (QED) is 0.326. The smallest absolute Gasteiger partial charge is 0.111 e. The molecule has 0 atom stereocenters. The average Bonchev–Trinajstić information content (AvgIpc) is 3.18. The number of rotatable bonds is 7. The largest absolute Gasteiger partial charge is 0.497 e. The van der Waals surface area contributed by atoms with E-state index in [2.05, 4.69) is 27.9 Å². The number of aryl methyl sites for hydroxylation is 1. The van der Waals surface area contributed by atoms with Crippen molar-refractivity contribution in [3.05, 3.63) is 71.4 Å². The Morgan fingerprint density at radius 3 is 2.63 bits per heavy atom. The molecule has 0 spiro atoms. The van der Waals surface area contributed by atoms with Crippen molar-refractivity contribution < 1.29 is 4.74 Å². The summed E-state index contributed by atoms with van der Waals surface area (Å²) in [5, 5.41) is 23.8. The van der Waals surface area contributed by atoms with Crippen molar-refractivity contribution >= 4 is 12.3 Å². The predicted molar refractivity (Wildman–Crippen MR) is 106 cm³/mol. The van der Waals surface area contributed by atoms with Crippen LogP contribution in [0.3, 0.4) is 0 Å². The molecule has 0 N–H and O–H groups in total. The van der Waals surface area contributed by atoms with Crippen LogP contribution in [0.1, 0.15) is 23.6 Å². The molecule has 0 unspecified atom stereocenters. The lowest BCUT2D eigenvalue weighted by molar-refractivity contribution is 0.308. The molecule has 1 aromatic heterocycles. The Labute approximate surface area is 159 Å². The molecular weight excluding hydrogens is 340 g/mol. The first-order valence-corrected chi connectivity index (χ1v) is 8.26. The minimum Gasteiger partial charge on any atom is -0.497 e. The van der Waals surface area contributed by atoms with Gasteiger partial charge in [-0.1, -0.05) is 6.58 Å². The third-order valence-electron chi connectivity index (χ3n) is 3.75. The number of hydrogen-bond acceptors (Lipinski definition) is 6. The number of nitriles is 1. The summed E-state index contributed by atoms with van der Waals surface area (Å²) >= 11 is 0. The van der Waals surface area contributed by atoms with Crippen LogP contribution in [0.4, 0.5) is 0 Å². The van der Waals surface area contributed by atoms with E-state index < -0.39 is 0 Å². The Hall–Kier alpha value is -3.66. The Balaban J connectivity index is 2.67. The number of likely N-dealkylation sites (N-methyl/N-ethyl adjacent to an activating group) is 1. The molecule has 0 amide bonds. The zero-order chi connectivity index (χ0) is 19.8. The molecule has 7 heteroatoms. The fraction of sp³-hybridized carbons (Fsp3) is 0.200. The second-order valence-electron chi connectivity index (χ2n) is 5.63. The zero-order valence-electron chi connectivity index (χ0n) is 15.9. The van der Waals surface area contributed by atoms with E-state index in [0.717, 1.165) is 22.5 Å². The SMILES string of the molecule is C=C(C=CC(=Cc1cc(C#N)cc(C)c1-n1nccn1)N(C)N=CC)OC. The molecule has 0 saturated heterocycles. The van der Waals surface area contributed by atoms with Crippen LogP contribution in [0.5, 0.6) is 0 Å². The van der Waals surface area contributed by atoms with Crippen LogP contribution in [0, 0.1) is 18.3 Å². The lowest BCUT2D eigenvalue weighted by Gasteiger charge is -2.16. The molecule has 1 heterocycles. The van der Waals surface area contributed by atoms with Gasteiger partial charge >= 0.3 is 0 Å². The number of nitrogens with zero attached hydrogens (tertiary/aromatic N) is 6. The van der Waals surface area contributed by atoms with E-state index in [0.29, 0.717) is 11.3 Å². The first kappa shape index (κ1) is 19.7. The van der Waals surface area contributed by atoms with Gasteiger partial charge in [-0.25, -0.2) is 0 Å². The Bertz CT molecular complexity index is 932. The molecule has 0 radical (unpaired) electrons. The summed E-state index contributed by atoms with van der Waals surface area (Å²) < 4.78 is 5.10. The molecule has 0 aliphatic carbocycles. The van der Waals surface area contributed by atoms with Gasteiger partial charge in [0.2, 0.25) is 0 Å². The van der Waals surface area contributed by atoms with Gasteiger partial charge in [-0.2, -0.15) is 25.4 Å². The van der Waals surface area contributed by atoms with Gasteiger partial charge in [-0.3, -0.25) is 5.01 Å². The standard InChI is InChI=1S/C20H22N6O/c1-6-22-25(4)19(8-7-16(3)27-5)13-18-12-17(14-21)11-15(2)20(18)26-23-9-10-24-26/h6-13H,3H2,1-2,4-5H3. The number of hydrogen-bond donors (Lipinski definition) is 0. The van der Waals surface area contributed by atoms with Gasteiger partial charge in [-0.05, 0) is 49.8 Å². The maximum atomic E-state index is 9.36. The summed E-state index contributed by atoms with van der Waals surface area (Å²) in [6, 6.07) is 5.80. The molecule has 7 nitrogen and oxygen atoms in total. The van der Waals surface area contributed by atoms with E-state index in [1.807, 2.05) is 39.1 Å². The van der Waals surface area contributed by atoms with Crippen LogP contribution in [0.15, 0.2) is 59.8 Å². The van der Waals surface area contributed by atoms with Crippen molar-refractivity contribution in [3.8, 4) is 11.8 Å². The summed E-state index contributed by atoms with van der Waals surface area (Å²) in [5.74, 6) is 0.519. The summed E-state index contributed by atoms with van der Waals surface area (Å²) in [7, 11) is 3.39. The number of hydrazone groups is 1. The van der Waals surface area contributed by atoms with Crippen LogP contribution in [0.25, 0.3) is 11.8 Å². The second kappa shape index (κ2) is 9.15. The van der Waals surface area contributed by atoms with E-state index in [4.69, 9.17) is 4.74 Å². The van der Waals surface area contributed by atoms with Crippen molar-refractivity contribution in [2.45, 2.75) is 13.8 Å². The number of methoxy groups -OCH3 is 1. The molecule has 0 aliphatic rings. The van der Waals surface area contributed by atoms with Gasteiger partial charge in [-0.15, -0.1) is 0 Å². The van der Waals surface area contributed by atoms with Crippen molar-refractivity contribution in [1.29, 1.82) is 5.26 Å². The van der Waals surface area contributed by atoms with Gasteiger partial charge in [0.25, 0.3) is 0 Å². The van der Waals surface area contributed by atoms with E-state index in [9.17, 15) is 5.26 Å². The van der Waals surface area contributed by atoms with Crippen LogP contribution in [-0.4, -0.2) is 40.4 Å². The summed E-state index contributed by atoms with van der Waals surface area (Å²) in [5.41, 5.74) is 3.81. The lowest BCUT2D eigenvalue weighted by atomic mass is 10.0. The number of allylic oxidation sites excluding steroid dienone is 2. The van der Waals surface area contributed by atoms with Crippen molar-refractivity contribution in [2.75, 3.05) is 14.2 Å². The van der Waals surface area contributed by atoms with Gasteiger partial charge in [0, 0.05) is 18.8 Å². The molecular formula is C20H22N6O.